The molecular formula is C16H24Cl2N4S. The zero-order valence-electron chi connectivity index (χ0n) is 13.3. The van der Waals surface area contributed by atoms with Gasteiger partial charge in [-0.3, -0.25) is 9.30 Å². The van der Waals surface area contributed by atoms with Gasteiger partial charge < -0.3 is 5.32 Å². The molecule has 1 spiro atoms. The molecule has 4 rings (SSSR count). The van der Waals surface area contributed by atoms with Gasteiger partial charge in [-0.2, -0.15) is 0 Å². The predicted octanol–water partition coefficient (Wildman–Crippen LogP) is 3.83. The van der Waals surface area contributed by atoms with Crippen molar-refractivity contribution in [2.75, 3.05) is 26.2 Å². The minimum atomic E-state index is 0. The van der Waals surface area contributed by atoms with E-state index in [0.717, 1.165) is 17.2 Å². The Hall–Kier alpha value is -0.330. The minimum Gasteiger partial charge on any atom is -0.317 e. The predicted molar refractivity (Wildman–Crippen MR) is 99.0 cm³/mol. The first-order valence-electron chi connectivity index (χ1n) is 8.29. The van der Waals surface area contributed by atoms with Gasteiger partial charge in [0.05, 0.1) is 5.69 Å². The van der Waals surface area contributed by atoms with Crippen molar-refractivity contribution in [2.24, 2.45) is 5.41 Å². The molecule has 7 heteroatoms. The number of piperidine rings is 1. The summed E-state index contributed by atoms with van der Waals surface area (Å²) in [6.07, 6.45) is 8.81. The second-order valence-corrected chi connectivity index (χ2v) is 8.02. The highest BCUT2D eigenvalue weighted by Gasteiger charge is 2.33. The van der Waals surface area contributed by atoms with Crippen LogP contribution >= 0.6 is 35.3 Å². The van der Waals surface area contributed by atoms with Gasteiger partial charge in [0.25, 0.3) is 0 Å². The molecule has 2 aliphatic heterocycles. The summed E-state index contributed by atoms with van der Waals surface area (Å²) in [5.74, 6) is 0. The van der Waals surface area contributed by atoms with E-state index < -0.39 is 0 Å². The summed E-state index contributed by atoms with van der Waals surface area (Å²) in [6.45, 7) is 5.69. The molecule has 0 atom stereocenters. The molecule has 0 bridgehead atoms. The van der Waals surface area contributed by atoms with E-state index in [2.05, 4.69) is 31.2 Å². The number of nitrogens with zero attached hydrogens (tertiary/aromatic N) is 3. The summed E-state index contributed by atoms with van der Waals surface area (Å²) in [6, 6.07) is 0. The zero-order chi connectivity index (χ0) is 15.0. The molecule has 0 aliphatic carbocycles. The third-order valence-electron chi connectivity index (χ3n) is 5.49. The lowest BCUT2D eigenvalue weighted by atomic mass is 9.73. The first-order chi connectivity index (χ1) is 10.8. The van der Waals surface area contributed by atoms with Crippen LogP contribution in [0.5, 0.6) is 0 Å². The minimum absolute atomic E-state index is 0. The maximum Gasteiger partial charge on any atom is 0.195 e. The first-order valence-corrected chi connectivity index (χ1v) is 9.55. The number of nitrogens with one attached hydrogen (secondary N) is 1. The number of hydrogen-bond donors (Lipinski definition) is 1. The fourth-order valence-electron chi connectivity index (χ4n) is 4.08. The third-order valence-corrected chi connectivity index (χ3v) is 6.55. The molecule has 2 fully saturated rings. The largest absolute Gasteiger partial charge is 0.317 e. The molecule has 0 unspecified atom stereocenters. The molecule has 128 valence electrons. The quantitative estimate of drug-likeness (QED) is 0.866. The van der Waals surface area contributed by atoms with Crippen LogP contribution in [0.3, 0.4) is 0 Å². The van der Waals surface area contributed by atoms with E-state index in [1.54, 1.807) is 11.3 Å². The van der Waals surface area contributed by atoms with Crippen molar-refractivity contribution >= 4 is 40.3 Å². The summed E-state index contributed by atoms with van der Waals surface area (Å²) < 4.78 is 2.15. The van der Waals surface area contributed by atoms with Crippen LogP contribution in [0.1, 0.15) is 37.8 Å². The van der Waals surface area contributed by atoms with E-state index in [1.165, 1.54) is 58.3 Å². The smallest absolute Gasteiger partial charge is 0.195 e. The molecule has 2 aromatic heterocycles. The molecule has 0 saturated carbocycles. The van der Waals surface area contributed by atoms with Crippen molar-refractivity contribution in [3.63, 3.8) is 0 Å². The summed E-state index contributed by atoms with van der Waals surface area (Å²) in [5.41, 5.74) is 1.75. The van der Waals surface area contributed by atoms with E-state index in [4.69, 9.17) is 11.6 Å². The zero-order valence-corrected chi connectivity index (χ0v) is 15.7. The molecule has 1 N–H and O–H groups in total. The summed E-state index contributed by atoms with van der Waals surface area (Å²) in [5, 5.41) is 6.26. The van der Waals surface area contributed by atoms with Gasteiger partial charge in [-0.25, -0.2) is 4.98 Å². The summed E-state index contributed by atoms with van der Waals surface area (Å²) in [7, 11) is 0. The molecule has 4 heterocycles. The van der Waals surface area contributed by atoms with Crippen molar-refractivity contribution in [3.05, 3.63) is 22.4 Å². The van der Waals surface area contributed by atoms with Crippen molar-refractivity contribution in [1.29, 1.82) is 0 Å². The standard InChI is InChI=1S/C16H23ClN4S.ClH/c17-14-13(21-10-11-22-15(21)19-14)12-20-8-1-2-16(5-9-20)3-6-18-7-4-16;/h10-11,18H,1-9,12H2;1H. The van der Waals surface area contributed by atoms with Gasteiger partial charge in [0.1, 0.15) is 0 Å². The molecule has 2 saturated heterocycles. The average Bonchev–Trinajstić information content (AvgIpc) is 3.02. The molecule has 4 nitrogen and oxygen atoms in total. The lowest BCUT2D eigenvalue weighted by Crippen LogP contribution is -2.37. The average molecular weight is 375 g/mol. The highest BCUT2D eigenvalue weighted by atomic mass is 35.5. The number of imidazole rings is 1. The van der Waals surface area contributed by atoms with Gasteiger partial charge in [-0.05, 0) is 63.7 Å². The number of fused-ring (bicyclic) bond motifs is 1. The maximum absolute atomic E-state index is 6.35. The molecular weight excluding hydrogens is 351 g/mol. The third kappa shape index (κ3) is 3.54. The fourth-order valence-corrected chi connectivity index (χ4v) is 5.10. The van der Waals surface area contributed by atoms with Crippen LogP contribution in [0.15, 0.2) is 11.6 Å². The van der Waals surface area contributed by atoms with E-state index in [1.807, 2.05) is 0 Å². The van der Waals surface area contributed by atoms with Crippen LogP contribution in [0, 0.1) is 5.41 Å². The van der Waals surface area contributed by atoms with Gasteiger partial charge in [0.15, 0.2) is 10.1 Å². The van der Waals surface area contributed by atoms with E-state index in [9.17, 15) is 0 Å². The Morgan fingerprint density at radius 1 is 1.22 bits per heavy atom. The van der Waals surface area contributed by atoms with Crippen molar-refractivity contribution in [3.8, 4) is 0 Å². The Morgan fingerprint density at radius 3 is 2.87 bits per heavy atom. The van der Waals surface area contributed by atoms with Crippen LogP contribution in [0.4, 0.5) is 0 Å². The van der Waals surface area contributed by atoms with Crippen LogP contribution in [0.2, 0.25) is 5.15 Å². The Bertz CT molecular complexity index is 648. The molecule has 0 aromatic carbocycles. The molecule has 2 aliphatic rings. The molecule has 2 aromatic rings. The van der Waals surface area contributed by atoms with E-state index in [0.29, 0.717) is 10.6 Å². The Balaban J connectivity index is 0.00000156. The fraction of sp³-hybridized carbons (Fsp3) is 0.688. The van der Waals surface area contributed by atoms with Gasteiger partial charge in [0.2, 0.25) is 0 Å². The SMILES string of the molecule is Cl.Clc1nc2sccn2c1CN1CCCC2(CCNCC2)CC1. The van der Waals surface area contributed by atoms with Gasteiger partial charge in [-0.15, -0.1) is 23.7 Å². The van der Waals surface area contributed by atoms with Crippen LogP contribution in [-0.4, -0.2) is 40.5 Å². The lowest BCUT2D eigenvalue weighted by Gasteiger charge is -2.37. The first kappa shape index (κ1) is 17.5. The lowest BCUT2D eigenvalue weighted by molar-refractivity contribution is 0.167. The summed E-state index contributed by atoms with van der Waals surface area (Å²) in [4.78, 5) is 8.03. The van der Waals surface area contributed by atoms with Crippen LogP contribution < -0.4 is 5.32 Å². The monoisotopic (exact) mass is 374 g/mol. The number of rotatable bonds is 2. The number of aromatic nitrogens is 2. The van der Waals surface area contributed by atoms with Gasteiger partial charge in [-0.1, -0.05) is 11.6 Å². The number of likely N-dealkylation sites (tertiary alicyclic amines) is 1. The molecule has 0 amide bonds. The van der Waals surface area contributed by atoms with Crippen LogP contribution in [-0.2, 0) is 6.54 Å². The van der Waals surface area contributed by atoms with Crippen molar-refractivity contribution in [1.82, 2.24) is 19.6 Å². The number of thiazole rings is 1. The van der Waals surface area contributed by atoms with Crippen LogP contribution in [0.25, 0.3) is 4.96 Å². The topological polar surface area (TPSA) is 32.6 Å². The Kier molecular flexibility index (Phi) is 5.53. The van der Waals surface area contributed by atoms with Gasteiger partial charge >= 0.3 is 0 Å². The number of hydrogen-bond acceptors (Lipinski definition) is 4. The molecule has 0 radical (unpaired) electrons. The Labute approximate surface area is 152 Å². The highest BCUT2D eigenvalue weighted by molar-refractivity contribution is 7.15. The second kappa shape index (κ2) is 7.28. The van der Waals surface area contributed by atoms with Crippen molar-refractivity contribution in [2.45, 2.75) is 38.6 Å². The van der Waals surface area contributed by atoms with Gasteiger partial charge in [0, 0.05) is 18.1 Å². The maximum atomic E-state index is 6.35. The van der Waals surface area contributed by atoms with Crippen molar-refractivity contribution < 1.29 is 0 Å². The van der Waals surface area contributed by atoms with E-state index >= 15 is 0 Å². The number of halogens is 2. The normalized spacial score (nSPS) is 22.1. The van der Waals surface area contributed by atoms with E-state index in [-0.39, 0.29) is 12.4 Å². The summed E-state index contributed by atoms with van der Waals surface area (Å²) >= 11 is 8.00. The second-order valence-electron chi connectivity index (χ2n) is 6.78. The molecule has 23 heavy (non-hydrogen) atoms. The highest BCUT2D eigenvalue weighted by Crippen LogP contribution is 2.39. The Morgan fingerprint density at radius 2 is 2.04 bits per heavy atom.